The van der Waals surface area contributed by atoms with Crippen molar-refractivity contribution in [2.75, 3.05) is 18.5 Å². The summed E-state index contributed by atoms with van der Waals surface area (Å²) in [6.45, 7) is 6.18. The summed E-state index contributed by atoms with van der Waals surface area (Å²) < 4.78 is 11.5. The Morgan fingerprint density at radius 3 is 2.49 bits per heavy atom. The molecule has 5 rings (SSSR count). The first kappa shape index (κ1) is 28.0. The molecule has 1 N–H and O–H groups in total. The van der Waals surface area contributed by atoms with Gasteiger partial charge >= 0.3 is 0 Å². The second-order valence-corrected chi connectivity index (χ2v) is 10.7. The van der Waals surface area contributed by atoms with E-state index in [9.17, 15) is 14.4 Å². The van der Waals surface area contributed by atoms with Crippen molar-refractivity contribution >= 4 is 51.4 Å². The first-order chi connectivity index (χ1) is 19.8. The van der Waals surface area contributed by atoms with Gasteiger partial charge in [0.05, 0.1) is 18.1 Å². The van der Waals surface area contributed by atoms with Gasteiger partial charge in [-0.1, -0.05) is 60.2 Å². The number of amides is 3. The van der Waals surface area contributed by atoms with Crippen molar-refractivity contribution in [2.45, 2.75) is 27.3 Å². The Morgan fingerprint density at radius 2 is 1.71 bits per heavy atom. The van der Waals surface area contributed by atoms with Crippen LogP contribution >= 0.6 is 11.8 Å². The van der Waals surface area contributed by atoms with Gasteiger partial charge in [-0.2, -0.15) is 0 Å². The van der Waals surface area contributed by atoms with Crippen molar-refractivity contribution in [1.82, 2.24) is 4.90 Å². The van der Waals surface area contributed by atoms with Crippen LogP contribution in [0.15, 0.2) is 83.8 Å². The molecule has 1 aliphatic heterocycles. The number of carbonyl (C=O) groups excluding carboxylic acids is 3. The summed E-state index contributed by atoms with van der Waals surface area (Å²) in [5, 5.41) is 4.71. The lowest BCUT2D eigenvalue weighted by molar-refractivity contribution is -0.123. The highest BCUT2D eigenvalue weighted by Crippen LogP contribution is 2.35. The molecule has 3 amide bonds. The summed E-state index contributed by atoms with van der Waals surface area (Å²) in [4.78, 5) is 40.0. The number of hydrogen-bond donors (Lipinski definition) is 1. The third-order valence-corrected chi connectivity index (χ3v) is 7.52. The number of imide groups is 1. The van der Waals surface area contributed by atoms with Crippen LogP contribution in [0, 0.1) is 13.8 Å². The number of nitrogens with zero attached hydrogens (tertiary/aromatic N) is 1. The number of nitrogens with one attached hydrogen (secondary N) is 1. The van der Waals surface area contributed by atoms with Crippen molar-refractivity contribution in [1.29, 1.82) is 0 Å². The Morgan fingerprint density at radius 1 is 0.902 bits per heavy atom. The smallest absolute Gasteiger partial charge is 0.293 e. The van der Waals surface area contributed by atoms with E-state index in [0.29, 0.717) is 28.6 Å². The van der Waals surface area contributed by atoms with E-state index in [1.165, 1.54) is 4.90 Å². The number of hydrogen-bond acceptors (Lipinski definition) is 6. The number of anilines is 1. The molecule has 4 aromatic carbocycles. The summed E-state index contributed by atoms with van der Waals surface area (Å²) in [5.74, 6) is 0.221. The summed E-state index contributed by atoms with van der Waals surface area (Å²) in [5.41, 5.74) is 4.39. The van der Waals surface area contributed by atoms with Gasteiger partial charge < -0.3 is 14.8 Å². The molecular formula is C33H30N2O5S. The highest BCUT2D eigenvalue weighted by molar-refractivity contribution is 8.18. The van der Waals surface area contributed by atoms with Gasteiger partial charge in [-0.3, -0.25) is 19.3 Å². The monoisotopic (exact) mass is 566 g/mol. The number of ether oxygens (including phenoxy) is 2. The maximum absolute atomic E-state index is 13.2. The number of thioether (sulfide) groups is 1. The lowest BCUT2D eigenvalue weighted by atomic mass is 10.1. The number of aryl methyl sites for hydroxylation is 2. The number of benzene rings is 4. The molecule has 0 saturated carbocycles. The largest absolute Gasteiger partial charge is 0.490 e. The Hall–Kier alpha value is -4.56. The second kappa shape index (κ2) is 12.3. The first-order valence-electron chi connectivity index (χ1n) is 13.3. The quantitative estimate of drug-likeness (QED) is 0.217. The van der Waals surface area contributed by atoms with Gasteiger partial charge in [-0.25, -0.2) is 0 Å². The second-order valence-electron chi connectivity index (χ2n) is 9.74. The normalized spacial score (nSPS) is 14.1. The third kappa shape index (κ3) is 6.61. The van der Waals surface area contributed by atoms with Gasteiger partial charge in [0.25, 0.3) is 17.1 Å². The Bertz CT molecular complexity index is 1680. The molecule has 7 nitrogen and oxygen atoms in total. The SMILES string of the molecule is CCOc1cc(/C=C2\SC(=O)N(Cc3ccc4ccccc4c3)C2=O)ccc1OCC(=O)Nc1ccc(C)cc1C. The molecule has 0 unspecified atom stereocenters. The lowest BCUT2D eigenvalue weighted by Crippen LogP contribution is -2.27. The highest BCUT2D eigenvalue weighted by atomic mass is 32.2. The molecule has 1 saturated heterocycles. The first-order valence-corrected chi connectivity index (χ1v) is 14.1. The van der Waals surface area contributed by atoms with Gasteiger partial charge in [0.2, 0.25) is 0 Å². The maximum atomic E-state index is 13.2. The number of rotatable bonds is 9. The standard InChI is InChI=1S/C33H30N2O5S/c1-4-39-29-17-23(11-14-28(29)40-20-31(36)34-27-13-9-21(2)15-22(27)3)18-30-32(37)35(33(38)41-30)19-24-10-12-25-7-5-6-8-26(25)16-24/h5-18H,4,19-20H2,1-3H3,(H,34,36)/b30-18-. The molecule has 0 atom stereocenters. The predicted molar refractivity (Wildman–Crippen MR) is 163 cm³/mol. The number of fused-ring (bicyclic) bond motifs is 1. The van der Waals surface area contributed by atoms with Gasteiger partial charge in [0.15, 0.2) is 18.1 Å². The molecule has 8 heteroatoms. The van der Waals surface area contributed by atoms with E-state index in [1.54, 1.807) is 24.3 Å². The molecule has 41 heavy (non-hydrogen) atoms. The average Bonchev–Trinajstić information content (AvgIpc) is 3.21. The zero-order valence-electron chi connectivity index (χ0n) is 23.1. The van der Waals surface area contributed by atoms with Crippen molar-refractivity contribution in [3.8, 4) is 11.5 Å². The summed E-state index contributed by atoms with van der Waals surface area (Å²) in [6, 6.07) is 24.9. The topological polar surface area (TPSA) is 84.9 Å². The van der Waals surface area contributed by atoms with Crippen LogP contribution in [0.5, 0.6) is 11.5 Å². The molecule has 0 radical (unpaired) electrons. The van der Waals surface area contributed by atoms with Crippen LogP contribution < -0.4 is 14.8 Å². The van der Waals surface area contributed by atoms with Gasteiger partial charge in [-0.15, -0.1) is 0 Å². The van der Waals surface area contributed by atoms with Crippen LogP contribution in [-0.2, 0) is 16.1 Å². The molecule has 0 aliphatic carbocycles. The zero-order chi connectivity index (χ0) is 28.9. The molecular weight excluding hydrogens is 536 g/mol. The summed E-state index contributed by atoms with van der Waals surface area (Å²) in [6.07, 6.45) is 1.67. The third-order valence-electron chi connectivity index (χ3n) is 6.61. The van der Waals surface area contributed by atoms with Crippen molar-refractivity contribution < 1.29 is 23.9 Å². The minimum Gasteiger partial charge on any atom is -0.490 e. The highest BCUT2D eigenvalue weighted by Gasteiger charge is 2.35. The van der Waals surface area contributed by atoms with Gasteiger partial charge in [-0.05, 0) is 90.3 Å². The minimum absolute atomic E-state index is 0.194. The molecule has 1 heterocycles. The van der Waals surface area contributed by atoms with Crippen LogP contribution in [0.25, 0.3) is 16.8 Å². The molecule has 0 bridgehead atoms. The van der Waals surface area contributed by atoms with E-state index in [1.807, 2.05) is 81.4 Å². The van der Waals surface area contributed by atoms with Crippen molar-refractivity contribution in [2.24, 2.45) is 0 Å². The molecule has 1 aliphatic rings. The van der Waals surface area contributed by atoms with Gasteiger partial charge in [0, 0.05) is 5.69 Å². The fourth-order valence-electron chi connectivity index (χ4n) is 4.59. The van der Waals surface area contributed by atoms with E-state index in [-0.39, 0.29) is 30.2 Å². The van der Waals surface area contributed by atoms with Crippen molar-refractivity contribution in [3.63, 3.8) is 0 Å². The Balaban J connectivity index is 1.27. The molecule has 1 fully saturated rings. The van der Waals surface area contributed by atoms with Crippen molar-refractivity contribution in [3.05, 3.63) is 106 Å². The van der Waals surface area contributed by atoms with E-state index in [4.69, 9.17) is 9.47 Å². The number of carbonyl (C=O) groups is 3. The van der Waals surface area contributed by atoms with Crippen LogP contribution in [0.3, 0.4) is 0 Å². The van der Waals surface area contributed by atoms with Crippen LogP contribution in [-0.4, -0.2) is 35.2 Å². The summed E-state index contributed by atoms with van der Waals surface area (Å²) >= 11 is 0.913. The predicted octanol–water partition coefficient (Wildman–Crippen LogP) is 7.11. The minimum atomic E-state index is -0.338. The zero-order valence-corrected chi connectivity index (χ0v) is 23.9. The van der Waals surface area contributed by atoms with E-state index < -0.39 is 0 Å². The maximum Gasteiger partial charge on any atom is 0.293 e. The van der Waals surface area contributed by atoms with Gasteiger partial charge in [0.1, 0.15) is 0 Å². The lowest BCUT2D eigenvalue weighted by Gasteiger charge is -2.14. The summed E-state index contributed by atoms with van der Waals surface area (Å²) in [7, 11) is 0. The van der Waals surface area contributed by atoms with E-state index in [2.05, 4.69) is 5.32 Å². The van der Waals surface area contributed by atoms with Crippen LogP contribution in [0.4, 0.5) is 10.5 Å². The van der Waals surface area contributed by atoms with Crippen LogP contribution in [0.2, 0.25) is 0 Å². The average molecular weight is 567 g/mol. The Labute approximate surface area is 243 Å². The fourth-order valence-corrected chi connectivity index (χ4v) is 5.43. The van der Waals surface area contributed by atoms with E-state index in [0.717, 1.165) is 44.9 Å². The molecule has 208 valence electrons. The fraction of sp³-hybridized carbons (Fsp3) is 0.182. The van der Waals surface area contributed by atoms with E-state index >= 15 is 0 Å². The molecule has 4 aromatic rings. The Kier molecular flexibility index (Phi) is 8.40. The molecule has 0 spiro atoms. The van der Waals surface area contributed by atoms with Crippen LogP contribution in [0.1, 0.15) is 29.2 Å². The molecule has 0 aromatic heterocycles.